The first kappa shape index (κ1) is 19.2. The molecule has 26 heavy (non-hydrogen) atoms. The zero-order valence-corrected chi connectivity index (χ0v) is 14.0. The third kappa shape index (κ3) is 4.95. The lowest BCUT2D eigenvalue weighted by molar-refractivity contribution is -0.151. The Labute approximate surface area is 148 Å². The SMILES string of the molecule is CN(CC(c1ccc(F)cc1)c1ccc(F)cc1)C(=O)CC(=O)C(=O)O. The van der Waals surface area contributed by atoms with Gasteiger partial charge in [0.25, 0.3) is 0 Å². The second-order valence-corrected chi connectivity index (χ2v) is 5.84. The van der Waals surface area contributed by atoms with Crippen LogP contribution >= 0.6 is 0 Å². The minimum Gasteiger partial charge on any atom is -0.475 e. The van der Waals surface area contributed by atoms with Gasteiger partial charge in [-0.25, -0.2) is 13.6 Å². The molecular weight excluding hydrogens is 344 g/mol. The summed E-state index contributed by atoms with van der Waals surface area (Å²) in [5.41, 5.74) is 1.39. The average molecular weight is 361 g/mol. The van der Waals surface area contributed by atoms with E-state index < -0.39 is 41.6 Å². The summed E-state index contributed by atoms with van der Waals surface area (Å²) < 4.78 is 26.4. The summed E-state index contributed by atoms with van der Waals surface area (Å²) in [6.45, 7) is 0.114. The number of ketones is 1. The minimum atomic E-state index is -1.67. The van der Waals surface area contributed by atoms with Gasteiger partial charge in [0.05, 0.1) is 6.42 Å². The fourth-order valence-corrected chi connectivity index (χ4v) is 2.52. The Balaban J connectivity index is 2.25. The zero-order valence-electron chi connectivity index (χ0n) is 14.0. The van der Waals surface area contributed by atoms with Crippen LogP contribution in [0.3, 0.4) is 0 Å². The summed E-state index contributed by atoms with van der Waals surface area (Å²) in [7, 11) is 1.44. The number of aliphatic carboxylic acids is 1. The number of nitrogens with zero attached hydrogens (tertiary/aromatic N) is 1. The lowest BCUT2D eigenvalue weighted by atomic mass is 9.90. The van der Waals surface area contributed by atoms with Gasteiger partial charge in [-0.3, -0.25) is 9.59 Å². The number of hydrogen-bond acceptors (Lipinski definition) is 3. The van der Waals surface area contributed by atoms with Crippen LogP contribution in [0.4, 0.5) is 8.78 Å². The second kappa shape index (κ2) is 8.33. The summed E-state index contributed by atoms with van der Waals surface area (Å²) in [6, 6.07) is 11.4. The second-order valence-electron chi connectivity index (χ2n) is 5.84. The van der Waals surface area contributed by atoms with Crippen molar-refractivity contribution < 1.29 is 28.3 Å². The number of carboxylic acids is 1. The molecule has 0 atom stereocenters. The molecule has 1 N–H and O–H groups in total. The highest BCUT2D eigenvalue weighted by molar-refractivity contribution is 6.36. The number of rotatable bonds is 7. The molecule has 2 rings (SSSR count). The molecule has 0 radical (unpaired) electrons. The minimum absolute atomic E-state index is 0.114. The summed E-state index contributed by atoms with van der Waals surface area (Å²) in [6.07, 6.45) is -0.745. The van der Waals surface area contributed by atoms with Crippen molar-refractivity contribution in [2.24, 2.45) is 0 Å². The van der Waals surface area contributed by atoms with Crippen molar-refractivity contribution in [1.82, 2.24) is 4.90 Å². The predicted molar refractivity (Wildman–Crippen MR) is 89.5 cm³/mol. The highest BCUT2D eigenvalue weighted by Crippen LogP contribution is 2.26. The standard InChI is InChI=1S/C19H17F2NO4/c1-22(18(24)10-17(23)19(25)26)11-16(12-2-6-14(20)7-3-12)13-4-8-15(21)9-5-13/h2-9,16H,10-11H2,1H3,(H,25,26). The Kier molecular flexibility index (Phi) is 6.16. The Bertz CT molecular complexity index is 758. The monoisotopic (exact) mass is 361 g/mol. The van der Waals surface area contributed by atoms with E-state index in [0.29, 0.717) is 11.1 Å². The summed E-state index contributed by atoms with van der Waals surface area (Å²) in [5.74, 6) is -4.73. The van der Waals surface area contributed by atoms with Gasteiger partial charge in [0, 0.05) is 19.5 Å². The number of carboxylic acid groups (broad SMARTS) is 1. The lowest BCUT2D eigenvalue weighted by Gasteiger charge is -2.25. The zero-order chi connectivity index (χ0) is 19.3. The van der Waals surface area contributed by atoms with Crippen molar-refractivity contribution >= 4 is 17.7 Å². The molecule has 2 aromatic carbocycles. The molecule has 7 heteroatoms. The van der Waals surface area contributed by atoms with Gasteiger partial charge in [0.1, 0.15) is 11.6 Å². The van der Waals surface area contributed by atoms with Gasteiger partial charge in [-0.05, 0) is 35.4 Å². The van der Waals surface area contributed by atoms with Crippen molar-refractivity contribution in [1.29, 1.82) is 0 Å². The molecule has 1 amide bonds. The lowest BCUT2D eigenvalue weighted by Crippen LogP contribution is -2.34. The highest BCUT2D eigenvalue weighted by Gasteiger charge is 2.23. The van der Waals surface area contributed by atoms with Gasteiger partial charge in [0.2, 0.25) is 11.7 Å². The third-order valence-electron chi connectivity index (χ3n) is 3.98. The van der Waals surface area contributed by atoms with Crippen LogP contribution in [0.15, 0.2) is 48.5 Å². The number of amides is 1. The van der Waals surface area contributed by atoms with Gasteiger partial charge < -0.3 is 10.0 Å². The van der Waals surface area contributed by atoms with E-state index in [2.05, 4.69) is 0 Å². The van der Waals surface area contributed by atoms with Gasteiger partial charge >= 0.3 is 5.97 Å². The molecule has 0 saturated heterocycles. The molecule has 0 aliphatic heterocycles. The van der Waals surface area contributed by atoms with E-state index in [0.717, 1.165) is 0 Å². The maximum atomic E-state index is 13.2. The first-order chi connectivity index (χ1) is 12.3. The van der Waals surface area contributed by atoms with E-state index >= 15 is 0 Å². The number of Topliss-reactive ketones (excluding diaryl/α,β-unsaturated/α-hetero) is 1. The van der Waals surface area contributed by atoms with Gasteiger partial charge in [-0.1, -0.05) is 24.3 Å². The van der Waals surface area contributed by atoms with Crippen LogP contribution in [0, 0.1) is 11.6 Å². The Morgan fingerprint density at radius 2 is 1.35 bits per heavy atom. The Morgan fingerprint density at radius 3 is 1.73 bits per heavy atom. The molecule has 0 heterocycles. The van der Waals surface area contributed by atoms with Crippen LogP contribution in [0.25, 0.3) is 0 Å². The fourth-order valence-electron chi connectivity index (χ4n) is 2.52. The van der Waals surface area contributed by atoms with Crippen LogP contribution in [0.1, 0.15) is 23.5 Å². The first-order valence-electron chi connectivity index (χ1n) is 7.79. The molecule has 0 aromatic heterocycles. The molecule has 0 saturated carbocycles. The van der Waals surface area contributed by atoms with Gasteiger partial charge in [-0.15, -0.1) is 0 Å². The molecule has 0 unspecified atom stereocenters. The maximum Gasteiger partial charge on any atom is 0.372 e. The molecule has 0 fully saturated rings. The third-order valence-corrected chi connectivity index (χ3v) is 3.98. The Morgan fingerprint density at radius 1 is 0.923 bits per heavy atom. The highest BCUT2D eigenvalue weighted by atomic mass is 19.1. The summed E-state index contributed by atoms with van der Waals surface area (Å²) in [4.78, 5) is 35.1. The molecule has 0 aliphatic rings. The van der Waals surface area contributed by atoms with Gasteiger partial charge in [0.15, 0.2) is 0 Å². The quantitative estimate of drug-likeness (QED) is 0.608. The molecular formula is C19H17F2NO4. The smallest absolute Gasteiger partial charge is 0.372 e. The average Bonchev–Trinajstić information content (AvgIpc) is 2.61. The molecule has 5 nitrogen and oxygen atoms in total. The van der Waals surface area contributed by atoms with Crippen LogP contribution in [0.5, 0.6) is 0 Å². The van der Waals surface area contributed by atoms with Crippen molar-refractivity contribution in [2.75, 3.05) is 13.6 Å². The number of halogens is 2. The first-order valence-corrected chi connectivity index (χ1v) is 7.79. The van der Waals surface area contributed by atoms with E-state index in [4.69, 9.17) is 5.11 Å². The number of carbonyl (C=O) groups is 3. The van der Waals surface area contributed by atoms with Crippen molar-refractivity contribution in [3.05, 3.63) is 71.3 Å². The molecule has 2 aromatic rings. The fraction of sp³-hybridized carbons (Fsp3) is 0.211. The molecule has 0 bridgehead atoms. The van der Waals surface area contributed by atoms with Crippen LogP contribution in [0.2, 0.25) is 0 Å². The van der Waals surface area contributed by atoms with Crippen LogP contribution in [-0.2, 0) is 14.4 Å². The molecule has 0 aliphatic carbocycles. The van der Waals surface area contributed by atoms with E-state index in [9.17, 15) is 23.2 Å². The van der Waals surface area contributed by atoms with Crippen LogP contribution < -0.4 is 0 Å². The molecule has 0 spiro atoms. The molecule has 136 valence electrons. The number of carbonyl (C=O) groups excluding carboxylic acids is 2. The van der Waals surface area contributed by atoms with Crippen LogP contribution in [-0.4, -0.2) is 41.3 Å². The maximum absolute atomic E-state index is 13.2. The van der Waals surface area contributed by atoms with Gasteiger partial charge in [-0.2, -0.15) is 0 Å². The van der Waals surface area contributed by atoms with Crippen molar-refractivity contribution in [2.45, 2.75) is 12.3 Å². The largest absolute Gasteiger partial charge is 0.475 e. The predicted octanol–water partition coefficient (Wildman–Crippen LogP) is 2.60. The number of benzene rings is 2. The topological polar surface area (TPSA) is 74.7 Å². The summed E-state index contributed by atoms with van der Waals surface area (Å²) in [5, 5.41) is 8.61. The Hall–Kier alpha value is -3.09. The van der Waals surface area contributed by atoms with E-state index in [1.807, 2.05) is 0 Å². The van der Waals surface area contributed by atoms with Crippen molar-refractivity contribution in [3.8, 4) is 0 Å². The van der Waals surface area contributed by atoms with E-state index in [-0.39, 0.29) is 6.54 Å². The normalized spacial score (nSPS) is 10.6. The van der Waals surface area contributed by atoms with Crippen molar-refractivity contribution in [3.63, 3.8) is 0 Å². The van der Waals surface area contributed by atoms with E-state index in [1.165, 1.54) is 36.2 Å². The van der Waals surface area contributed by atoms with E-state index in [1.54, 1.807) is 24.3 Å². The number of hydrogen-bond donors (Lipinski definition) is 1. The number of likely N-dealkylation sites (N-methyl/N-ethyl adjacent to an activating group) is 1. The summed E-state index contributed by atoms with van der Waals surface area (Å²) >= 11 is 0.